The van der Waals surface area contributed by atoms with Gasteiger partial charge in [0.05, 0.1) is 11.9 Å². The fourth-order valence-electron chi connectivity index (χ4n) is 2.20. The number of ether oxygens (including phenoxy) is 1. The zero-order valence-corrected chi connectivity index (χ0v) is 9.73. The largest absolute Gasteiger partial charge is 0.356 e. The Morgan fingerprint density at radius 1 is 1.50 bits per heavy atom. The third kappa shape index (κ3) is 1.79. The van der Waals surface area contributed by atoms with Crippen molar-refractivity contribution in [2.24, 2.45) is 5.11 Å². The van der Waals surface area contributed by atoms with E-state index in [2.05, 4.69) is 20.1 Å². The highest BCUT2D eigenvalue weighted by atomic mass is 16.5. The highest BCUT2D eigenvalue weighted by Gasteiger charge is 2.19. The summed E-state index contributed by atoms with van der Waals surface area (Å²) in [6, 6.07) is 1.68. The van der Waals surface area contributed by atoms with Crippen LogP contribution in [0.15, 0.2) is 23.6 Å². The van der Waals surface area contributed by atoms with Gasteiger partial charge in [-0.05, 0) is 30.9 Å². The van der Waals surface area contributed by atoms with E-state index in [0.717, 1.165) is 31.3 Å². The SMILES string of the molecule is [N-]=[N+]=Nc1ccnc2c1cnn2C1CCCCO1. The van der Waals surface area contributed by atoms with Crippen LogP contribution in [-0.2, 0) is 4.74 Å². The van der Waals surface area contributed by atoms with E-state index in [-0.39, 0.29) is 6.23 Å². The number of rotatable bonds is 2. The highest BCUT2D eigenvalue weighted by molar-refractivity contribution is 5.86. The van der Waals surface area contributed by atoms with Crippen LogP contribution in [0.4, 0.5) is 5.69 Å². The van der Waals surface area contributed by atoms with Gasteiger partial charge in [-0.3, -0.25) is 0 Å². The Bertz CT molecular complexity index is 609. The van der Waals surface area contributed by atoms with Gasteiger partial charge in [0.15, 0.2) is 11.9 Å². The number of nitrogens with zero attached hydrogens (tertiary/aromatic N) is 6. The lowest BCUT2D eigenvalue weighted by molar-refractivity contribution is -0.0370. The van der Waals surface area contributed by atoms with Crippen LogP contribution in [-0.4, -0.2) is 21.4 Å². The second-order valence-corrected chi connectivity index (χ2v) is 4.17. The molecule has 1 aliphatic heterocycles. The summed E-state index contributed by atoms with van der Waals surface area (Å²) in [5.41, 5.74) is 9.77. The average Bonchev–Trinajstić information content (AvgIpc) is 2.85. The number of hydrogen-bond acceptors (Lipinski definition) is 4. The van der Waals surface area contributed by atoms with Crippen LogP contribution in [0.25, 0.3) is 21.5 Å². The van der Waals surface area contributed by atoms with Crippen molar-refractivity contribution in [1.82, 2.24) is 14.8 Å². The minimum Gasteiger partial charge on any atom is -0.356 e. The van der Waals surface area contributed by atoms with E-state index in [0.29, 0.717) is 11.3 Å². The van der Waals surface area contributed by atoms with Crippen molar-refractivity contribution in [2.45, 2.75) is 25.5 Å². The number of hydrogen-bond donors (Lipinski definition) is 0. The van der Waals surface area contributed by atoms with Gasteiger partial charge >= 0.3 is 0 Å². The molecule has 1 fully saturated rings. The fourth-order valence-corrected chi connectivity index (χ4v) is 2.20. The Morgan fingerprint density at radius 3 is 3.22 bits per heavy atom. The first-order valence-corrected chi connectivity index (χ1v) is 5.89. The van der Waals surface area contributed by atoms with Crippen LogP contribution < -0.4 is 0 Å². The molecule has 0 bridgehead atoms. The van der Waals surface area contributed by atoms with E-state index in [4.69, 9.17) is 10.3 Å². The normalized spacial score (nSPS) is 19.7. The predicted molar refractivity (Wildman–Crippen MR) is 65.2 cm³/mol. The summed E-state index contributed by atoms with van der Waals surface area (Å²) in [4.78, 5) is 7.10. The van der Waals surface area contributed by atoms with Gasteiger partial charge in [0.25, 0.3) is 0 Å². The maximum atomic E-state index is 8.52. The molecule has 1 atom stereocenters. The van der Waals surface area contributed by atoms with E-state index >= 15 is 0 Å². The fraction of sp³-hybridized carbons (Fsp3) is 0.455. The Balaban J connectivity index is 2.08. The maximum Gasteiger partial charge on any atom is 0.160 e. The van der Waals surface area contributed by atoms with Gasteiger partial charge in [0, 0.05) is 23.1 Å². The molecule has 7 nitrogen and oxygen atoms in total. The van der Waals surface area contributed by atoms with Gasteiger partial charge in [0.1, 0.15) is 0 Å². The average molecular weight is 244 g/mol. The zero-order chi connectivity index (χ0) is 12.4. The van der Waals surface area contributed by atoms with Gasteiger partial charge in [-0.25, -0.2) is 9.67 Å². The number of pyridine rings is 1. The molecule has 3 heterocycles. The Kier molecular flexibility index (Phi) is 2.84. The summed E-state index contributed by atoms with van der Waals surface area (Å²) in [5, 5.41) is 8.70. The van der Waals surface area contributed by atoms with Crippen molar-refractivity contribution in [3.63, 3.8) is 0 Å². The molecule has 0 radical (unpaired) electrons. The molecule has 0 N–H and O–H groups in total. The van der Waals surface area contributed by atoms with Crippen molar-refractivity contribution in [2.75, 3.05) is 6.61 Å². The lowest BCUT2D eigenvalue weighted by Gasteiger charge is -2.22. The second-order valence-electron chi connectivity index (χ2n) is 4.17. The molecule has 0 spiro atoms. The minimum atomic E-state index is -0.0648. The summed E-state index contributed by atoms with van der Waals surface area (Å²) in [5.74, 6) is 0. The monoisotopic (exact) mass is 244 g/mol. The van der Waals surface area contributed by atoms with Crippen LogP contribution in [0.5, 0.6) is 0 Å². The number of aromatic nitrogens is 3. The van der Waals surface area contributed by atoms with Crippen LogP contribution in [0, 0.1) is 0 Å². The van der Waals surface area contributed by atoms with Crippen LogP contribution >= 0.6 is 0 Å². The van der Waals surface area contributed by atoms with Crippen LogP contribution in [0.1, 0.15) is 25.5 Å². The molecule has 2 aromatic heterocycles. The van der Waals surface area contributed by atoms with Crippen LogP contribution in [0.3, 0.4) is 0 Å². The van der Waals surface area contributed by atoms with Crippen molar-refractivity contribution in [3.8, 4) is 0 Å². The van der Waals surface area contributed by atoms with E-state index in [1.54, 1.807) is 23.1 Å². The van der Waals surface area contributed by atoms with Crippen LogP contribution in [0.2, 0.25) is 0 Å². The summed E-state index contributed by atoms with van der Waals surface area (Å²) in [6.07, 6.45) is 6.38. The summed E-state index contributed by atoms with van der Waals surface area (Å²) < 4.78 is 7.46. The molecule has 1 saturated heterocycles. The molecular formula is C11H12N6O. The van der Waals surface area contributed by atoms with Crippen molar-refractivity contribution in [3.05, 3.63) is 28.9 Å². The smallest absolute Gasteiger partial charge is 0.160 e. The first kappa shape index (κ1) is 11.0. The Labute approximate surface area is 103 Å². The molecule has 1 aliphatic rings. The number of azide groups is 1. The molecule has 7 heteroatoms. The lowest BCUT2D eigenvalue weighted by Crippen LogP contribution is -2.19. The standard InChI is InChI=1S/C11H12N6O/c12-16-15-9-4-5-13-11-8(9)7-14-17(11)10-3-1-2-6-18-10/h4-5,7,10H,1-3,6H2. The van der Waals surface area contributed by atoms with E-state index in [1.165, 1.54) is 0 Å². The minimum absolute atomic E-state index is 0.0648. The van der Waals surface area contributed by atoms with Gasteiger partial charge < -0.3 is 4.74 Å². The molecule has 0 aliphatic carbocycles. The van der Waals surface area contributed by atoms with Gasteiger partial charge in [0.2, 0.25) is 0 Å². The molecule has 2 aromatic rings. The molecule has 18 heavy (non-hydrogen) atoms. The number of fused-ring (bicyclic) bond motifs is 1. The summed E-state index contributed by atoms with van der Waals surface area (Å²) in [7, 11) is 0. The van der Waals surface area contributed by atoms with Crippen molar-refractivity contribution in [1.29, 1.82) is 0 Å². The first-order valence-electron chi connectivity index (χ1n) is 5.89. The summed E-state index contributed by atoms with van der Waals surface area (Å²) >= 11 is 0. The topological polar surface area (TPSA) is 88.7 Å². The third-order valence-electron chi connectivity index (χ3n) is 3.06. The zero-order valence-electron chi connectivity index (χ0n) is 9.73. The second kappa shape index (κ2) is 4.64. The van der Waals surface area contributed by atoms with E-state index in [9.17, 15) is 0 Å². The predicted octanol–water partition coefficient (Wildman–Crippen LogP) is 3.07. The molecule has 1 unspecified atom stereocenters. The van der Waals surface area contributed by atoms with Gasteiger partial charge in [-0.15, -0.1) is 0 Å². The van der Waals surface area contributed by atoms with E-state index < -0.39 is 0 Å². The van der Waals surface area contributed by atoms with Crippen molar-refractivity contribution < 1.29 is 4.74 Å². The van der Waals surface area contributed by atoms with E-state index in [1.807, 2.05) is 0 Å². The third-order valence-corrected chi connectivity index (χ3v) is 3.06. The quantitative estimate of drug-likeness (QED) is 0.462. The maximum absolute atomic E-state index is 8.52. The van der Waals surface area contributed by atoms with Gasteiger partial charge in [-0.2, -0.15) is 5.10 Å². The lowest BCUT2D eigenvalue weighted by atomic mass is 10.2. The summed E-state index contributed by atoms with van der Waals surface area (Å²) in [6.45, 7) is 0.752. The highest BCUT2D eigenvalue weighted by Crippen LogP contribution is 2.29. The Hall–Kier alpha value is -2.11. The molecular weight excluding hydrogens is 232 g/mol. The molecule has 0 saturated carbocycles. The van der Waals surface area contributed by atoms with Crippen molar-refractivity contribution >= 4 is 16.7 Å². The first-order chi connectivity index (χ1) is 8.90. The molecule has 0 amide bonds. The van der Waals surface area contributed by atoms with Gasteiger partial charge in [-0.1, -0.05) is 5.11 Å². The molecule has 92 valence electrons. The Morgan fingerprint density at radius 2 is 2.44 bits per heavy atom. The molecule has 0 aromatic carbocycles. The molecule has 3 rings (SSSR count).